The zero-order chi connectivity index (χ0) is 28.3. The topological polar surface area (TPSA) is 107 Å². The van der Waals surface area contributed by atoms with Gasteiger partial charge in [-0.1, -0.05) is 11.3 Å². The normalized spacial score (nSPS) is 14.8. The second kappa shape index (κ2) is 11.6. The van der Waals surface area contributed by atoms with Crippen LogP contribution in [0.5, 0.6) is 28.7 Å². The minimum atomic E-state index is -0.854. The van der Waals surface area contributed by atoms with Crippen molar-refractivity contribution in [1.82, 2.24) is 4.57 Å². The number of nitrogens with zero attached hydrogens (tertiary/aromatic N) is 2. The Hall–Kier alpha value is -4.25. The summed E-state index contributed by atoms with van der Waals surface area (Å²) in [6, 6.07) is 7.87. The number of fused-ring (bicyclic) bond motifs is 1. The molecule has 0 bridgehead atoms. The Kier molecular flexibility index (Phi) is 8.29. The van der Waals surface area contributed by atoms with E-state index in [0.717, 1.165) is 0 Å². The van der Waals surface area contributed by atoms with E-state index >= 15 is 0 Å². The van der Waals surface area contributed by atoms with E-state index in [9.17, 15) is 9.59 Å². The van der Waals surface area contributed by atoms with Crippen molar-refractivity contribution < 1.29 is 33.2 Å². The second-order valence-corrected chi connectivity index (χ2v) is 9.38. The summed E-state index contributed by atoms with van der Waals surface area (Å²) in [5.41, 5.74) is 1.58. The number of carbonyl (C=O) groups is 1. The number of benzene rings is 2. The van der Waals surface area contributed by atoms with Crippen LogP contribution in [0.15, 0.2) is 51.4 Å². The van der Waals surface area contributed by atoms with Gasteiger partial charge < -0.3 is 28.4 Å². The molecule has 2 heterocycles. The van der Waals surface area contributed by atoms with Crippen LogP contribution in [0, 0.1) is 0 Å². The Morgan fingerprint density at radius 2 is 1.64 bits per heavy atom. The minimum absolute atomic E-state index is 0.170. The number of hydrogen-bond donors (Lipinski definition) is 0. The molecule has 0 saturated heterocycles. The van der Waals surface area contributed by atoms with Gasteiger partial charge in [0.05, 0.1) is 58.0 Å². The SMILES string of the molecule is CCOC(=O)C1=C(C)N=c2s/c(=C/c3cc(OC)c(OC)c(OC)c3)c(=O)n2[C@H]1c1cc(OC)ccc1OC. The number of ether oxygens (including phenoxy) is 6. The summed E-state index contributed by atoms with van der Waals surface area (Å²) in [6.07, 6.45) is 1.72. The molecule has 0 radical (unpaired) electrons. The van der Waals surface area contributed by atoms with Crippen LogP contribution in [0.1, 0.15) is 31.0 Å². The molecule has 3 aromatic rings. The minimum Gasteiger partial charge on any atom is -0.497 e. The van der Waals surface area contributed by atoms with Gasteiger partial charge in [-0.15, -0.1) is 0 Å². The number of allylic oxidation sites excluding steroid dienone is 1. The molecular weight excluding hydrogens is 524 g/mol. The molecule has 0 spiro atoms. The molecule has 1 aromatic heterocycles. The lowest BCUT2D eigenvalue weighted by Gasteiger charge is -2.26. The fourth-order valence-electron chi connectivity index (χ4n) is 4.47. The third kappa shape index (κ3) is 5.09. The van der Waals surface area contributed by atoms with Crippen LogP contribution in [0.4, 0.5) is 0 Å². The summed E-state index contributed by atoms with van der Waals surface area (Å²) in [6.45, 7) is 3.62. The van der Waals surface area contributed by atoms with Gasteiger partial charge in [0.25, 0.3) is 5.56 Å². The molecule has 4 rings (SSSR count). The van der Waals surface area contributed by atoms with E-state index in [-0.39, 0.29) is 17.7 Å². The third-order valence-corrected chi connectivity index (χ3v) is 7.22. The Morgan fingerprint density at radius 3 is 2.21 bits per heavy atom. The van der Waals surface area contributed by atoms with E-state index < -0.39 is 12.0 Å². The molecular formula is C28H30N2O8S. The molecule has 0 saturated carbocycles. The summed E-state index contributed by atoms with van der Waals surface area (Å²) in [7, 11) is 7.64. The van der Waals surface area contributed by atoms with Crippen molar-refractivity contribution in [2.75, 3.05) is 42.2 Å². The van der Waals surface area contributed by atoms with Crippen LogP contribution >= 0.6 is 11.3 Å². The molecule has 1 aliphatic rings. The lowest BCUT2D eigenvalue weighted by molar-refractivity contribution is -0.139. The highest BCUT2D eigenvalue weighted by atomic mass is 32.1. The lowest BCUT2D eigenvalue weighted by atomic mass is 9.94. The summed E-state index contributed by atoms with van der Waals surface area (Å²) in [5, 5.41) is 0. The van der Waals surface area contributed by atoms with E-state index in [1.807, 2.05) is 0 Å². The Bertz CT molecular complexity index is 1590. The number of esters is 1. The van der Waals surface area contributed by atoms with Gasteiger partial charge in [-0.2, -0.15) is 0 Å². The maximum Gasteiger partial charge on any atom is 0.338 e. The van der Waals surface area contributed by atoms with Gasteiger partial charge in [0.1, 0.15) is 17.5 Å². The average Bonchev–Trinajstić information content (AvgIpc) is 3.25. The first-order chi connectivity index (χ1) is 18.8. The van der Waals surface area contributed by atoms with E-state index in [2.05, 4.69) is 4.99 Å². The van der Waals surface area contributed by atoms with Gasteiger partial charge in [-0.3, -0.25) is 9.36 Å². The zero-order valence-electron chi connectivity index (χ0n) is 22.8. The molecule has 0 aliphatic carbocycles. The van der Waals surface area contributed by atoms with E-state index in [0.29, 0.717) is 54.9 Å². The summed E-state index contributed by atoms with van der Waals surface area (Å²) in [4.78, 5) is 32.2. The summed E-state index contributed by atoms with van der Waals surface area (Å²) >= 11 is 1.20. The molecule has 10 nitrogen and oxygen atoms in total. The highest BCUT2D eigenvalue weighted by molar-refractivity contribution is 7.07. The maximum absolute atomic E-state index is 14.0. The molecule has 0 amide bonds. The van der Waals surface area contributed by atoms with Crippen LogP contribution in [0.2, 0.25) is 0 Å². The van der Waals surface area contributed by atoms with Gasteiger partial charge in [-0.25, -0.2) is 9.79 Å². The van der Waals surface area contributed by atoms with E-state index in [4.69, 9.17) is 28.4 Å². The van der Waals surface area contributed by atoms with E-state index in [1.54, 1.807) is 57.4 Å². The van der Waals surface area contributed by atoms with Gasteiger partial charge in [0.2, 0.25) is 5.75 Å². The first-order valence-electron chi connectivity index (χ1n) is 12.0. The fourth-order valence-corrected chi connectivity index (χ4v) is 5.52. The Labute approximate surface area is 229 Å². The van der Waals surface area contributed by atoms with Crippen LogP contribution in [0.3, 0.4) is 0 Å². The highest BCUT2D eigenvalue weighted by Crippen LogP contribution is 2.39. The van der Waals surface area contributed by atoms with Crippen molar-refractivity contribution in [3.05, 3.63) is 72.4 Å². The van der Waals surface area contributed by atoms with Crippen LogP contribution < -0.4 is 38.6 Å². The highest BCUT2D eigenvalue weighted by Gasteiger charge is 2.35. The number of methoxy groups -OCH3 is 5. The van der Waals surface area contributed by atoms with Gasteiger partial charge in [0.15, 0.2) is 16.3 Å². The quantitative estimate of drug-likeness (QED) is 0.372. The number of hydrogen-bond acceptors (Lipinski definition) is 10. The molecule has 2 aromatic carbocycles. The van der Waals surface area contributed by atoms with Crippen molar-refractivity contribution in [1.29, 1.82) is 0 Å². The molecule has 1 atom stereocenters. The lowest BCUT2D eigenvalue weighted by Crippen LogP contribution is -2.40. The molecule has 39 heavy (non-hydrogen) atoms. The van der Waals surface area contributed by atoms with Crippen molar-refractivity contribution in [3.63, 3.8) is 0 Å². The van der Waals surface area contributed by atoms with Gasteiger partial charge in [-0.05, 0) is 55.8 Å². The Balaban J connectivity index is 2.01. The van der Waals surface area contributed by atoms with Crippen LogP contribution in [-0.4, -0.2) is 52.7 Å². The monoisotopic (exact) mass is 554 g/mol. The number of thiazole rings is 1. The smallest absolute Gasteiger partial charge is 0.338 e. The maximum atomic E-state index is 14.0. The molecule has 0 fully saturated rings. The molecule has 1 aliphatic heterocycles. The zero-order valence-corrected chi connectivity index (χ0v) is 23.6. The largest absolute Gasteiger partial charge is 0.497 e. The van der Waals surface area contributed by atoms with Crippen LogP contribution in [0.25, 0.3) is 6.08 Å². The summed E-state index contributed by atoms with van der Waals surface area (Å²) in [5.74, 6) is 1.82. The predicted molar refractivity (Wildman–Crippen MR) is 146 cm³/mol. The van der Waals surface area contributed by atoms with Crippen molar-refractivity contribution in [2.24, 2.45) is 4.99 Å². The first kappa shape index (κ1) is 27.8. The third-order valence-electron chi connectivity index (χ3n) is 6.23. The van der Waals surface area contributed by atoms with Crippen molar-refractivity contribution in [2.45, 2.75) is 19.9 Å². The number of carbonyl (C=O) groups excluding carboxylic acids is 1. The molecule has 0 N–H and O–H groups in total. The second-order valence-electron chi connectivity index (χ2n) is 8.37. The first-order valence-corrected chi connectivity index (χ1v) is 12.8. The number of aromatic nitrogens is 1. The fraction of sp³-hybridized carbons (Fsp3) is 0.321. The summed E-state index contributed by atoms with van der Waals surface area (Å²) < 4.78 is 34.7. The van der Waals surface area contributed by atoms with Crippen molar-refractivity contribution in [3.8, 4) is 28.7 Å². The van der Waals surface area contributed by atoms with Gasteiger partial charge in [0, 0.05) is 5.56 Å². The van der Waals surface area contributed by atoms with E-state index in [1.165, 1.54) is 44.3 Å². The van der Waals surface area contributed by atoms with Gasteiger partial charge >= 0.3 is 5.97 Å². The molecule has 11 heteroatoms. The molecule has 0 unspecified atom stereocenters. The van der Waals surface area contributed by atoms with Crippen LogP contribution in [-0.2, 0) is 9.53 Å². The average molecular weight is 555 g/mol. The Morgan fingerprint density at radius 1 is 0.974 bits per heavy atom. The predicted octanol–water partition coefficient (Wildman–Crippen LogP) is 2.84. The number of rotatable bonds is 9. The molecule has 206 valence electrons. The standard InChI is InChI=1S/C28H30N2O8S/c1-8-38-27(32)23-15(2)29-28-30(24(23)18-14-17(33-3)9-10-19(18)34-4)26(31)22(39-28)13-16-11-20(35-5)25(37-7)21(12-16)36-6/h9-14,24H,8H2,1-7H3/b22-13+/t24-/m0/s1. The van der Waals surface area contributed by atoms with Crippen molar-refractivity contribution >= 4 is 23.4 Å².